The van der Waals surface area contributed by atoms with Gasteiger partial charge in [0.05, 0.1) is 0 Å². The number of aryl methyl sites for hydroxylation is 2. The normalized spacial score (nSPS) is 10.6. The van der Waals surface area contributed by atoms with Crippen LogP contribution < -0.4 is 5.32 Å². The fourth-order valence-corrected chi connectivity index (χ4v) is 3.16. The van der Waals surface area contributed by atoms with Gasteiger partial charge < -0.3 is 5.32 Å². The first-order valence-electron chi connectivity index (χ1n) is 7.35. The summed E-state index contributed by atoms with van der Waals surface area (Å²) in [5.74, 6) is 0.00893. The number of anilines is 1. The van der Waals surface area contributed by atoms with Gasteiger partial charge in [0.15, 0.2) is 5.16 Å². The Labute approximate surface area is 145 Å². The molecule has 1 heterocycles. The lowest BCUT2D eigenvalue weighted by atomic mass is 10.1. The highest BCUT2D eigenvalue weighted by Gasteiger charge is 2.10. The lowest BCUT2D eigenvalue weighted by Crippen LogP contribution is -2.13. The van der Waals surface area contributed by atoms with E-state index in [1.54, 1.807) is 11.8 Å². The summed E-state index contributed by atoms with van der Waals surface area (Å²) in [5, 5.41) is 3.71. The predicted octanol–water partition coefficient (Wildman–Crippen LogP) is 4.11. The van der Waals surface area contributed by atoms with Gasteiger partial charge in [-0.3, -0.25) is 4.79 Å². The van der Waals surface area contributed by atoms with E-state index in [-0.39, 0.29) is 5.91 Å². The molecule has 6 heteroatoms. The van der Waals surface area contributed by atoms with Crippen molar-refractivity contribution >= 4 is 35.1 Å². The van der Waals surface area contributed by atoms with Crippen LogP contribution in [-0.4, -0.2) is 28.4 Å². The van der Waals surface area contributed by atoms with E-state index >= 15 is 0 Å². The number of aromatic nitrogens is 2. The van der Waals surface area contributed by atoms with Crippen molar-refractivity contribution in [1.82, 2.24) is 9.97 Å². The molecule has 2 rings (SSSR count). The van der Waals surface area contributed by atoms with Crippen molar-refractivity contribution in [3.8, 4) is 0 Å². The number of amides is 1. The molecule has 4 nitrogen and oxygen atoms in total. The molecule has 1 aromatic carbocycles. The molecule has 0 saturated heterocycles. The van der Waals surface area contributed by atoms with Gasteiger partial charge in [-0.25, -0.2) is 9.97 Å². The zero-order chi connectivity index (χ0) is 16.8. The van der Waals surface area contributed by atoms with Crippen molar-refractivity contribution in [3.05, 3.63) is 41.2 Å². The maximum absolute atomic E-state index is 12.1. The molecule has 0 unspecified atom stereocenters. The van der Waals surface area contributed by atoms with Crippen LogP contribution in [0.15, 0.2) is 34.3 Å². The van der Waals surface area contributed by atoms with Crippen molar-refractivity contribution in [3.63, 3.8) is 0 Å². The molecular weight excluding hydrogens is 326 g/mol. The summed E-state index contributed by atoms with van der Waals surface area (Å²) < 4.78 is 0. The quantitative estimate of drug-likeness (QED) is 0.629. The van der Waals surface area contributed by atoms with E-state index in [4.69, 9.17) is 0 Å². The second-order valence-electron chi connectivity index (χ2n) is 5.14. The number of thioether (sulfide) groups is 2. The predicted molar refractivity (Wildman–Crippen MR) is 98.5 cm³/mol. The van der Waals surface area contributed by atoms with E-state index < -0.39 is 0 Å². The number of nitrogens with zero attached hydrogens (tertiary/aromatic N) is 2. The van der Waals surface area contributed by atoms with Gasteiger partial charge in [0.25, 0.3) is 0 Å². The first-order valence-corrected chi connectivity index (χ1v) is 9.80. The number of benzene rings is 1. The molecule has 0 aliphatic carbocycles. The van der Waals surface area contributed by atoms with Crippen LogP contribution >= 0.6 is 23.5 Å². The Hall–Kier alpha value is -1.53. The third-order valence-electron chi connectivity index (χ3n) is 3.56. The summed E-state index contributed by atoms with van der Waals surface area (Å²) in [4.78, 5) is 22.2. The van der Waals surface area contributed by atoms with Crippen molar-refractivity contribution < 1.29 is 4.79 Å². The van der Waals surface area contributed by atoms with Gasteiger partial charge in [-0.15, -0.1) is 11.8 Å². The van der Waals surface area contributed by atoms with Crippen LogP contribution in [0, 0.1) is 13.8 Å². The zero-order valence-corrected chi connectivity index (χ0v) is 15.5. The maximum Gasteiger partial charge on any atom is 0.224 e. The topological polar surface area (TPSA) is 54.9 Å². The molecule has 1 amide bonds. The van der Waals surface area contributed by atoms with Gasteiger partial charge in [-0.1, -0.05) is 11.8 Å². The van der Waals surface area contributed by atoms with E-state index in [2.05, 4.69) is 15.3 Å². The summed E-state index contributed by atoms with van der Waals surface area (Å²) in [7, 11) is 0. The standard InChI is InChI=1S/C17H21N3OS2/c1-11-15(12(2)19-17(18-11)23-4)9-10-16(21)20-13-5-7-14(22-3)8-6-13/h5-8H,9-10H2,1-4H3,(H,20,21). The first-order chi connectivity index (χ1) is 11.0. The Morgan fingerprint density at radius 3 is 2.17 bits per heavy atom. The molecule has 0 aliphatic heterocycles. The van der Waals surface area contributed by atoms with Crippen molar-refractivity contribution in [1.29, 1.82) is 0 Å². The summed E-state index contributed by atoms with van der Waals surface area (Å²) >= 11 is 3.21. The summed E-state index contributed by atoms with van der Waals surface area (Å²) in [5.41, 5.74) is 3.81. The van der Waals surface area contributed by atoms with Crippen LogP contribution in [0.1, 0.15) is 23.4 Å². The van der Waals surface area contributed by atoms with E-state index in [0.29, 0.717) is 12.8 Å². The van der Waals surface area contributed by atoms with Gasteiger partial charge in [-0.05, 0) is 62.6 Å². The molecule has 0 bridgehead atoms. The van der Waals surface area contributed by atoms with Crippen LogP contribution in [0.3, 0.4) is 0 Å². The van der Waals surface area contributed by atoms with Gasteiger partial charge in [0.2, 0.25) is 5.91 Å². The third-order valence-corrected chi connectivity index (χ3v) is 4.85. The van der Waals surface area contributed by atoms with E-state index in [1.165, 1.54) is 16.7 Å². The molecule has 2 aromatic rings. The highest BCUT2D eigenvalue weighted by atomic mass is 32.2. The molecular formula is C17H21N3OS2. The van der Waals surface area contributed by atoms with Gasteiger partial charge in [0, 0.05) is 28.4 Å². The largest absolute Gasteiger partial charge is 0.326 e. The summed E-state index contributed by atoms with van der Waals surface area (Å²) in [6, 6.07) is 7.86. The average molecular weight is 348 g/mol. The van der Waals surface area contributed by atoms with Gasteiger partial charge >= 0.3 is 0 Å². The number of hydrogen-bond acceptors (Lipinski definition) is 5. The van der Waals surface area contributed by atoms with Crippen LogP contribution in [0.4, 0.5) is 5.69 Å². The zero-order valence-electron chi connectivity index (χ0n) is 13.8. The van der Waals surface area contributed by atoms with Gasteiger partial charge in [0.1, 0.15) is 0 Å². The monoisotopic (exact) mass is 347 g/mol. The molecule has 0 fully saturated rings. The van der Waals surface area contributed by atoms with Crippen molar-refractivity contribution in [2.75, 3.05) is 17.8 Å². The lowest BCUT2D eigenvalue weighted by molar-refractivity contribution is -0.116. The fourth-order valence-electron chi connectivity index (χ4n) is 2.30. The molecule has 0 spiro atoms. The number of carbonyl (C=O) groups is 1. The minimum absolute atomic E-state index is 0.00893. The number of hydrogen-bond donors (Lipinski definition) is 1. The van der Waals surface area contributed by atoms with Crippen LogP contribution in [0.5, 0.6) is 0 Å². The van der Waals surface area contributed by atoms with Crippen molar-refractivity contribution in [2.45, 2.75) is 36.7 Å². The second-order valence-corrected chi connectivity index (χ2v) is 6.79. The number of carbonyl (C=O) groups excluding carboxylic acids is 1. The lowest BCUT2D eigenvalue weighted by Gasteiger charge is -2.10. The highest BCUT2D eigenvalue weighted by molar-refractivity contribution is 7.98. The van der Waals surface area contributed by atoms with Crippen LogP contribution in [0.2, 0.25) is 0 Å². The molecule has 0 saturated carbocycles. The first kappa shape index (κ1) is 17.8. The molecule has 0 radical (unpaired) electrons. The SMILES string of the molecule is CSc1ccc(NC(=O)CCc2c(C)nc(SC)nc2C)cc1. The fraction of sp³-hybridized carbons (Fsp3) is 0.353. The second kappa shape index (κ2) is 8.36. The van der Waals surface area contributed by atoms with E-state index in [0.717, 1.165) is 27.8 Å². The Morgan fingerprint density at radius 1 is 1.04 bits per heavy atom. The minimum atomic E-state index is 0.00893. The van der Waals surface area contributed by atoms with E-state index in [1.807, 2.05) is 50.6 Å². The number of nitrogens with one attached hydrogen (secondary N) is 1. The molecule has 1 N–H and O–H groups in total. The summed E-state index contributed by atoms with van der Waals surface area (Å²) in [6.45, 7) is 3.95. The van der Waals surface area contributed by atoms with E-state index in [9.17, 15) is 4.79 Å². The smallest absolute Gasteiger partial charge is 0.224 e. The number of rotatable bonds is 6. The van der Waals surface area contributed by atoms with Gasteiger partial charge in [-0.2, -0.15) is 0 Å². The Bertz CT molecular complexity index is 664. The third kappa shape index (κ3) is 4.97. The minimum Gasteiger partial charge on any atom is -0.326 e. The molecule has 23 heavy (non-hydrogen) atoms. The highest BCUT2D eigenvalue weighted by Crippen LogP contribution is 2.19. The van der Waals surface area contributed by atoms with Crippen LogP contribution in [-0.2, 0) is 11.2 Å². The average Bonchev–Trinajstić information content (AvgIpc) is 2.54. The van der Waals surface area contributed by atoms with Crippen molar-refractivity contribution in [2.24, 2.45) is 0 Å². The molecule has 0 atom stereocenters. The Balaban J connectivity index is 1.96. The molecule has 0 aliphatic rings. The Kier molecular flexibility index (Phi) is 6.47. The maximum atomic E-state index is 12.1. The Morgan fingerprint density at radius 2 is 1.65 bits per heavy atom. The van der Waals surface area contributed by atoms with Crippen LogP contribution in [0.25, 0.3) is 0 Å². The summed E-state index contributed by atoms with van der Waals surface area (Å²) in [6.07, 6.45) is 5.07. The molecule has 122 valence electrons. The molecule has 1 aromatic heterocycles.